The molecular weight excluding hydrogens is 186 g/mol. The Morgan fingerprint density at radius 1 is 0.933 bits per heavy atom. The number of rotatable bonds is 1. The van der Waals surface area contributed by atoms with Crippen molar-refractivity contribution in [1.29, 1.82) is 0 Å². The molecule has 3 rings (SSSR count). The molecule has 1 amide bonds. The lowest BCUT2D eigenvalue weighted by molar-refractivity contribution is -0.135. The van der Waals surface area contributed by atoms with E-state index in [0.717, 1.165) is 37.8 Å². The molecule has 3 fully saturated rings. The van der Waals surface area contributed by atoms with Crippen LogP contribution in [-0.4, -0.2) is 23.9 Å². The summed E-state index contributed by atoms with van der Waals surface area (Å²) < 4.78 is 0. The Balaban J connectivity index is 1.61. The number of hydrogen-bond donors (Lipinski definition) is 0. The lowest BCUT2D eigenvalue weighted by Crippen LogP contribution is -2.45. The maximum absolute atomic E-state index is 12.0. The zero-order valence-electron chi connectivity index (χ0n) is 9.45. The van der Waals surface area contributed by atoms with Crippen LogP contribution in [0, 0.1) is 17.8 Å². The van der Waals surface area contributed by atoms with Gasteiger partial charge in [0.15, 0.2) is 0 Å². The molecule has 2 aliphatic carbocycles. The molecule has 0 bridgehead atoms. The van der Waals surface area contributed by atoms with Crippen molar-refractivity contribution < 1.29 is 4.79 Å². The molecule has 0 aromatic rings. The van der Waals surface area contributed by atoms with Gasteiger partial charge in [-0.2, -0.15) is 0 Å². The molecule has 1 heterocycles. The molecular formula is C13H21NO. The number of fused-ring (bicyclic) bond motifs is 1. The van der Waals surface area contributed by atoms with Crippen molar-refractivity contribution in [2.45, 2.75) is 44.9 Å². The number of piperidine rings is 1. The minimum absolute atomic E-state index is 0.421. The Morgan fingerprint density at radius 3 is 2.40 bits per heavy atom. The molecule has 0 N–H and O–H groups in total. The number of likely N-dealkylation sites (tertiary alicyclic amines) is 1. The molecule has 2 nitrogen and oxygen atoms in total. The van der Waals surface area contributed by atoms with E-state index in [2.05, 4.69) is 4.90 Å². The standard InChI is InChI=1S/C13H21NO/c15-13(11-5-6-11)14-8-7-10-3-1-2-4-12(10)9-14/h10-12H,1-9H2. The van der Waals surface area contributed by atoms with Crippen molar-refractivity contribution in [3.8, 4) is 0 Å². The molecule has 0 aromatic carbocycles. The molecule has 2 unspecified atom stereocenters. The predicted octanol–water partition coefficient (Wildman–Crippen LogP) is 2.44. The SMILES string of the molecule is O=C(C1CC1)N1CCC2CCCCC2C1. The summed E-state index contributed by atoms with van der Waals surface area (Å²) in [6, 6.07) is 0. The summed E-state index contributed by atoms with van der Waals surface area (Å²) in [6.07, 6.45) is 9.22. The zero-order chi connectivity index (χ0) is 10.3. The highest BCUT2D eigenvalue weighted by Gasteiger charge is 2.38. The molecule has 2 saturated carbocycles. The van der Waals surface area contributed by atoms with E-state index in [4.69, 9.17) is 0 Å². The molecule has 0 aromatic heterocycles. The number of carbonyl (C=O) groups is 1. The third kappa shape index (κ3) is 1.91. The maximum Gasteiger partial charge on any atom is 0.225 e. The molecule has 1 aliphatic heterocycles. The second-order valence-electron chi connectivity index (χ2n) is 5.65. The van der Waals surface area contributed by atoms with Crippen LogP contribution in [0.4, 0.5) is 0 Å². The summed E-state index contributed by atoms with van der Waals surface area (Å²) in [6.45, 7) is 2.14. The summed E-state index contributed by atoms with van der Waals surface area (Å²) in [4.78, 5) is 14.1. The van der Waals surface area contributed by atoms with Crippen LogP contribution in [0.2, 0.25) is 0 Å². The van der Waals surface area contributed by atoms with E-state index < -0.39 is 0 Å². The van der Waals surface area contributed by atoms with Crippen LogP contribution in [0.3, 0.4) is 0 Å². The highest BCUT2D eigenvalue weighted by Crippen LogP contribution is 2.38. The van der Waals surface area contributed by atoms with Gasteiger partial charge in [-0.25, -0.2) is 0 Å². The average Bonchev–Trinajstić information content (AvgIpc) is 3.11. The number of nitrogens with zero attached hydrogens (tertiary/aromatic N) is 1. The van der Waals surface area contributed by atoms with Gasteiger partial charge in [0.2, 0.25) is 5.91 Å². The topological polar surface area (TPSA) is 20.3 Å². The van der Waals surface area contributed by atoms with E-state index in [1.165, 1.54) is 32.1 Å². The third-order valence-corrected chi connectivity index (χ3v) is 4.53. The highest BCUT2D eigenvalue weighted by atomic mass is 16.2. The third-order valence-electron chi connectivity index (χ3n) is 4.53. The summed E-state index contributed by atoms with van der Waals surface area (Å²) in [5.74, 6) is 2.68. The minimum atomic E-state index is 0.421. The van der Waals surface area contributed by atoms with Crippen molar-refractivity contribution in [3.63, 3.8) is 0 Å². The molecule has 0 spiro atoms. The van der Waals surface area contributed by atoms with Crippen molar-refractivity contribution >= 4 is 5.91 Å². The number of carbonyl (C=O) groups excluding carboxylic acids is 1. The van der Waals surface area contributed by atoms with Gasteiger partial charge < -0.3 is 4.90 Å². The van der Waals surface area contributed by atoms with E-state index >= 15 is 0 Å². The first kappa shape index (κ1) is 9.68. The van der Waals surface area contributed by atoms with Crippen LogP contribution in [0.15, 0.2) is 0 Å². The number of amides is 1. The van der Waals surface area contributed by atoms with Gasteiger partial charge in [0.25, 0.3) is 0 Å². The lowest BCUT2D eigenvalue weighted by atomic mass is 9.75. The summed E-state index contributed by atoms with van der Waals surface area (Å²) >= 11 is 0. The van der Waals surface area contributed by atoms with Gasteiger partial charge >= 0.3 is 0 Å². The van der Waals surface area contributed by atoms with Gasteiger partial charge in [-0.1, -0.05) is 19.3 Å². The Kier molecular flexibility index (Phi) is 2.45. The van der Waals surface area contributed by atoms with Gasteiger partial charge in [-0.3, -0.25) is 4.79 Å². The van der Waals surface area contributed by atoms with Crippen molar-refractivity contribution in [2.75, 3.05) is 13.1 Å². The fourth-order valence-electron chi connectivity index (χ4n) is 3.39. The van der Waals surface area contributed by atoms with Crippen molar-refractivity contribution in [3.05, 3.63) is 0 Å². The van der Waals surface area contributed by atoms with Crippen LogP contribution < -0.4 is 0 Å². The van der Waals surface area contributed by atoms with Gasteiger partial charge in [0.05, 0.1) is 0 Å². The van der Waals surface area contributed by atoms with Gasteiger partial charge in [-0.05, 0) is 37.5 Å². The van der Waals surface area contributed by atoms with E-state index in [1.807, 2.05) is 0 Å². The second-order valence-corrected chi connectivity index (χ2v) is 5.65. The van der Waals surface area contributed by atoms with Crippen LogP contribution in [0.1, 0.15) is 44.9 Å². The van der Waals surface area contributed by atoms with E-state index in [1.54, 1.807) is 0 Å². The molecule has 0 radical (unpaired) electrons. The first-order valence-electron chi connectivity index (χ1n) is 6.63. The van der Waals surface area contributed by atoms with Crippen molar-refractivity contribution in [2.24, 2.45) is 17.8 Å². The number of hydrogen-bond acceptors (Lipinski definition) is 1. The normalized spacial score (nSPS) is 36.1. The zero-order valence-corrected chi connectivity index (χ0v) is 9.45. The largest absolute Gasteiger partial charge is 0.342 e. The Hall–Kier alpha value is -0.530. The maximum atomic E-state index is 12.0. The van der Waals surface area contributed by atoms with E-state index in [9.17, 15) is 4.79 Å². The molecule has 84 valence electrons. The molecule has 2 heteroatoms. The summed E-state index contributed by atoms with van der Waals surface area (Å²) in [5, 5.41) is 0. The van der Waals surface area contributed by atoms with Crippen LogP contribution in [-0.2, 0) is 4.79 Å². The Bertz CT molecular complexity index is 259. The molecule has 15 heavy (non-hydrogen) atoms. The Labute approximate surface area is 92.0 Å². The van der Waals surface area contributed by atoms with Crippen LogP contribution in [0.25, 0.3) is 0 Å². The summed E-state index contributed by atoms with van der Waals surface area (Å²) in [5.41, 5.74) is 0. The highest BCUT2D eigenvalue weighted by molar-refractivity contribution is 5.81. The summed E-state index contributed by atoms with van der Waals surface area (Å²) in [7, 11) is 0. The fourth-order valence-corrected chi connectivity index (χ4v) is 3.39. The first-order valence-corrected chi connectivity index (χ1v) is 6.63. The first-order chi connectivity index (χ1) is 7.34. The minimum Gasteiger partial charge on any atom is -0.342 e. The molecule has 1 saturated heterocycles. The van der Waals surface area contributed by atoms with Crippen LogP contribution in [0.5, 0.6) is 0 Å². The Morgan fingerprint density at radius 2 is 1.67 bits per heavy atom. The average molecular weight is 207 g/mol. The van der Waals surface area contributed by atoms with Crippen molar-refractivity contribution in [1.82, 2.24) is 4.90 Å². The van der Waals surface area contributed by atoms with E-state index in [-0.39, 0.29) is 0 Å². The molecule has 2 atom stereocenters. The second kappa shape index (κ2) is 3.80. The van der Waals surface area contributed by atoms with E-state index in [0.29, 0.717) is 11.8 Å². The lowest BCUT2D eigenvalue weighted by Gasteiger charge is -2.41. The quantitative estimate of drug-likeness (QED) is 0.646. The van der Waals surface area contributed by atoms with Gasteiger partial charge in [-0.15, -0.1) is 0 Å². The van der Waals surface area contributed by atoms with Gasteiger partial charge in [0.1, 0.15) is 0 Å². The fraction of sp³-hybridized carbons (Fsp3) is 0.923. The van der Waals surface area contributed by atoms with Gasteiger partial charge in [0, 0.05) is 19.0 Å². The molecule has 3 aliphatic rings. The van der Waals surface area contributed by atoms with Crippen LogP contribution >= 0.6 is 0 Å². The smallest absolute Gasteiger partial charge is 0.225 e. The predicted molar refractivity (Wildman–Crippen MR) is 59.4 cm³/mol. The monoisotopic (exact) mass is 207 g/mol.